The molecular weight excluding hydrogens is 376 g/mol. The number of carbonyl (C=O) groups is 1. The molecule has 1 aromatic carbocycles. The standard InChI is InChI=1S/C21H20N2O4S/c24-21(23(17-6-7-17)14-16-10-12-22-13-11-16)20-9-8-18(27-20)15-28(25,26)19-4-2-1-3-5-19/h1-5,8-13,17H,6-7,14-15H2. The Balaban J connectivity index is 1.50. The Labute approximate surface area is 163 Å². The molecule has 0 saturated heterocycles. The van der Waals surface area contributed by atoms with E-state index in [2.05, 4.69) is 4.98 Å². The van der Waals surface area contributed by atoms with E-state index in [1.54, 1.807) is 59.8 Å². The van der Waals surface area contributed by atoms with E-state index in [0.717, 1.165) is 18.4 Å². The first-order valence-corrected chi connectivity index (χ1v) is 10.7. The summed E-state index contributed by atoms with van der Waals surface area (Å²) in [5.74, 6) is -0.0771. The maximum Gasteiger partial charge on any atom is 0.290 e. The molecule has 7 heteroatoms. The van der Waals surface area contributed by atoms with Gasteiger partial charge in [-0.3, -0.25) is 9.78 Å². The molecule has 0 aliphatic heterocycles. The first-order chi connectivity index (χ1) is 13.5. The van der Waals surface area contributed by atoms with Crippen LogP contribution in [-0.2, 0) is 22.1 Å². The summed E-state index contributed by atoms with van der Waals surface area (Å²) >= 11 is 0. The van der Waals surface area contributed by atoms with Crippen molar-refractivity contribution >= 4 is 15.7 Å². The summed E-state index contributed by atoms with van der Waals surface area (Å²) in [4.78, 5) is 19.0. The molecule has 1 saturated carbocycles. The van der Waals surface area contributed by atoms with Gasteiger partial charge < -0.3 is 9.32 Å². The largest absolute Gasteiger partial charge is 0.455 e. The van der Waals surface area contributed by atoms with Crippen LogP contribution in [0.15, 0.2) is 76.3 Å². The number of aromatic nitrogens is 1. The van der Waals surface area contributed by atoms with Gasteiger partial charge in [-0.05, 0) is 54.8 Å². The average molecular weight is 396 g/mol. The summed E-state index contributed by atoms with van der Waals surface area (Å²) in [7, 11) is -3.52. The van der Waals surface area contributed by atoms with Crippen LogP contribution in [0.25, 0.3) is 0 Å². The Hall–Kier alpha value is -2.93. The predicted octanol–water partition coefficient (Wildman–Crippen LogP) is 3.45. The minimum Gasteiger partial charge on any atom is -0.455 e. The molecule has 1 aliphatic carbocycles. The van der Waals surface area contributed by atoms with Crippen LogP contribution in [0, 0.1) is 0 Å². The van der Waals surface area contributed by atoms with Crippen LogP contribution >= 0.6 is 0 Å². The summed E-state index contributed by atoms with van der Waals surface area (Å²) in [6.07, 6.45) is 5.33. The van der Waals surface area contributed by atoms with Gasteiger partial charge in [-0.15, -0.1) is 0 Å². The Morgan fingerprint density at radius 3 is 2.43 bits per heavy atom. The normalized spacial score (nSPS) is 14.0. The molecule has 28 heavy (non-hydrogen) atoms. The molecule has 0 spiro atoms. The minimum atomic E-state index is -3.52. The molecule has 4 rings (SSSR count). The van der Waals surface area contributed by atoms with Crippen LogP contribution in [0.4, 0.5) is 0 Å². The quantitative estimate of drug-likeness (QED) is 0.611. The van der Waals surface area contributed by atoms with Crippen molar-refractivity contribution in [2.24, 2.45) is 0 Å². The maximum absolute atomic E-state index is 12.9. The van der Waals surface area contributed by atoms with Gasteiger partial charge in [0, 0.05) is 25.0 Å². The summed E-state index contributed by atoms with van der Waals surface area (Å²) in [6.45, 7) is 0.477. The van der Waals surface area contributed by atoms with Gasteiger partial charge in [0.1, 0.15) is 11.5 Å². The molecule has 2 aromatic heterocycles. The van der Waals surface area contributed by atoms with Gasteiger partial charge in [0.2, 0.25) is 0 Å². The summed E-state index contributed by atoms with van der Waals surface area (Å²) in [6, 6.07) is 15.3. The van der Waals surface area contributed by atoms with E-state index in [1.807, 2.05) is 12.1 Å². The molecule has 6 nitrogen and oxygen atoms in total. The number of benzene rings is 1. The smallest absolute Gasteiger partial charge is 0.290 e. The highest BCUT2D eigenvalue weighted by atomic mass is 32.2. The molecule has 3 aromatic rings. The van der Waals surface area contributed by atoms with E-state index in [-0.39, 0.29) is 34.1 Å². The minimum absolute atomic E-state index is 0.166. The van der Waals surface area contributed by atoms with Crippen molar-refractivity contribution in [1.82, 2.24) is 9.88 Å². The number of hydrogen-bond acceptors (Lipinski definition) is 5. The van der Waals surface area contributed by atoms with Crippen molar-refractivity contribution < 1.29 is 17.6 Å². The third-order valence-electron chi connectivity index (χ3n) is 4.66. The molecule has 0 N–H and O–H groups in total. The highest BCUT2D eigenvalue weighted by Crippen LogP contribution is 2.30. The fourth-order valence-corrected chi connectivity index (χ4v) is 4.32. The molecule has 0 radical (unpaired) electrons. The lowest BCUT2D eigenvalue weighted by atomic mass is 10.2. The first-order valence-electron chi connectivity index (χ1n) is 9.09. The highest BCUT2D eigenvalue weighted by molar-refractivity contribution is 7.90. The maximum atomic E-state index is 12.9. The summed E-state index contributed by atoms with van der Waals surface area (Å²) in [5, 5.41) is 0. The predicted molar refractivity (Wildman–Crippen MR) is 103 cm³/mol. The Bertz CT molecular complexity index is 1060. The zero-order chi connectivity index (χ0) is 19.6. The van der Waals surface area contributed by atoms with Gasteiger partial charge in [0.15, 0.2) is 15.6 Å². The van der Waals surface area contributed by atoms with Gasteiger partial charge in [-0.25, -0.2) is 8.42 Å². The number of rotatable bonds is 7. The van der Waals surface area contributed by atoms with Gasteiger partial charge in [-0.2, -0.15) is 0 Å². The lowest BCUT2D eigenvalue weighted by Crippen LogP contribution is -2.32. The fourth-order valence-electron chi connectivity index (χ4n) is 3.05. The van der Waals surface area contributed by atoms with Gasteiger partial charge in [-0.1, -0.05) is 18.2 Å². The number of furan rings is 1. The van der Waals surface area contributed by atoms with E-state index in [4.69, 9.17) is 4.42 Å². The van der Waals surface area contributed by atoms with Crippen LogP contribution in [0.1, 0.15) is 34.7 Å². The van der Waals surface area contributed by atoms with Crippen LogP contribution in [0.2, 0.25) is 0 Å². The first kappa shape index (κ1) is 18.4. The SMILES string of the molecule is O=C(c1ccc(CS(=O)(=O)c2ccccc2)o1)N(Cc1ccncc1)C1CC1. The van der Waals surface area contributed by atoms with Gasteiger partial charge in [0.05, 0.1) is 4.90 Å². The van der Waals surface area contributed by atoms with E-state index in [1.165, 1.54) is 0 Å². The van der Waals surface area contributed by atoms with Gasteiger partial charge in [0.25, 0.3) is 5.91 Å². The summed E-state index contributed by atoms with van der Waals surface area (Å²) in [5.41, 5.74) is 0.994. The average Bonchev–Trinajstić information content (AvgIpc) is 3.45. The molecule has 144 valence electrons. The molecule has 1 amide bonds. The molecule has 1 aliphatic rings. The third kappa shape index (κ3) is 4.14. The lowest BCUT2D eigenvalue weighted by Gasteiger charge is -2.21. The van der Waals surface area contributed by atoms with E-state index in [0.29, 0.717) is 6.54 Å². The number of hydrogen-bond donors (Lipinski definition) is 0. The topological polar surface area (TPSA) is 80.5 Å². The number of amides is 1. The molecule has 0 bridgehead atoms. The van der Waals surface area contributed by atoms with Gasteiger partial charge >= 0.3 is 0 Å². The zero-order valence-electron chi connectivity index (χ0n) is 15.2. The fraction of sp³-hybridized carbons (Fsp3) is 0.238. The molecule has 0 atom stereocenters. The van der Waals surface area contributed by atoms with Crippen LogP contribution in [0.5, 0.6) is 0 Å². The second-order valence-electron chi connectivity index (χ2n) is 6.86. The summed E-state index contributed by atoms with van der Waals surface area (Å²) < 4.78 is 30.6. The highest BCUT2D eigenvalue weighted by Gasteiger charge is 2.34. The van der Waals surface area contributed by atoms with E-state index < -0.39 is 9.84 Å². The Morgan fingerprint density at radius 2 is 1.75 bits per heavy atom. The van der Waals surface area contributed by atoms with Crippen LogP contribution < -0.4 is 0 Å². The molecular formula is C21H20N2O4S. The number of pyridine rings is 1. The van der Waals surface area contributed by atoms with Crippen molar-refractivity contribution in [2.75, 3.05) is 0 Å². The second-order valence-corrected chi connectivity index (χ2v) is 8.85. The van der Waals surface area contributed by atoms with Crippen molar-refractivity contribution in [2.45, 2.75) is 36.1 Å². The Morgan fingerprint density at radius 1 is 1.04 bits per heavy atom. The van der Waals surface area contributed by atoms with Crippen molar-refractivity contribution in [3.05, 3.63) is 84.1 Å². The van der Waals surface area contributed by atoms with Crippen molar-refractivity contribution in [3.63, 3.8) is 0 Å². The van der Waals surface area contributed by atoms with E-state index in [9.17, 15) is 13.2 Å². The number of carbonyl (C=O) groups excluding carboxylic acids is 1. The van der Waals surface area contributed by atoms with Crippen molar-refractivity contribution in [3.8, 4) is 0 Å². The zero-order valence-corrected chi connectivity index (χ0v) is 16.0. The third-order valence-corrected chi connectivity index (χ3v) is 6.31. The molecule has 1 fully saturated rings. The van der Waals surface area contributed by atoms with Crippen molar-refractivity contribution in [1.29, 1.82) is 0 Å². The number of nitrogens with zero attached hydrogens (tertiary/aromatic N) is 2. The van der Waals surface area contributed by atoms with Crippen LogP contribution in [0.3, 0.4) is 0 Å². The molecule has 0 unspecified atom stereocenters. The van der Waals surface area contributed by atoms with E-state index >= 15 is 0 Å². The van der Waals surface area contributed by atoms with Crippen LogP contribution in [-0.4, -0.2) is 30.3 Å². The molecule has 2 heterocycles. The lowest BCUT2D eigenvalue weighted by molar-refractivity contribution is 0.0695. The second kappa shape index (κ2) is 7.59. The number of sulfone groups is 1. The monoisotopic (exact) mass is 396 g/mol. The Kier molecular flexibility index (Phi) is 5.00.